The molecule has 8 nitrogen and oxygen atoms in total. The minimum Gasteiger partial charge on any atom is -0.511 e. The lowest BCUT2D eigenvalue weighted by molar-refractivity contribution is -0.362. The molecule has 0 aliphatic rings. The lowest BCUT2D eigenvalue weighted by atomic mass is 10.4. The van der Waals surface area contributed by atoms with Gasteiger partial charge in [-0.3, -0.25) is 4.46 Å². The summed E-state index contributed by atoms with van der Waals surface area (Å²) in [7, 11) is -10.7. The summed E-state index contributed by atoms with van der Waals surface area (Å²) in [4.78, 5) is 21.8. The van der Waals surface area contributed by atoms with Crippen molar-refractivity contribution in [2.24, 2.45) is 0 Å². The lowest BCUT2D eigenvalue weighted by Gasteiger charge is -2.45. The Hall–Kier alpha value is -0.642. The fraction of sp³-hybridized carbons (Fsp3) is 0.800. The molecule has 0 aromatic rings. The van der Waals surface area contributed by atoms with E-state index >= 15 is 0 Å². The first-order chi connectivity index (χ1) is 11.8. The molecule has 0 radical (unpaired) electrons. The van der Waals surface area contributed by atoms with Gasteiger partial charge in [0.2, 0.25) is 0 Å². The predicted octanol–water partition coefficient (Wildman–Crippen LogP) is 3.06. The Morgan fingerprint density at radius 1 is 0.963 bits per heavy atom. The van der Waals surface area contributed by atoms with Gasteiger partial charge in [0, 0.05) is 5.57 Å². The maximum Gasteiger partial charge on any atom is 0.768 e. The van der Waals surface area contributed by atoms with Crippen LogP contribution in [0.2, 0.25) is 58.9 Å². The molecule has 0 saturated carbocycles. The van der Waals surface area contributed by atoms with Gasteiger partial charge < -0.3 is 27.2 Å². The van der Waals surface area contributed by atoms with Gasteiger partial charge in [-0.05, 0) is 65.8 Å². The minimum absolute atomic E-state index is 0.144. The van der Waals surface area contributed by atoms with Crippen molar-refractivity contribution in [3.05, 3.63) is 12.2 Å². The second-order valence-corrected chi connectivity index (χ2v) is 23.2. The third-order valence-corrected chi connectivity index (χ3v) is 5.61. The summed E-state index contributed by atoms with van der Waals surface area (Å²) >= 11 is 0. The molecular formula is C15H34O8Si4. The van der Waals surface area contributed by atoms with Crippen molar-refractivity contribution in [1.29, 1.82) is 0 Å². The van der Waals surface area contributed by atoms with Crippen molar-refractivity contribution < 1.29 is 36.5 Å². The molecule has 1 atom stereocenters. The zero-order valence-electron chi connectivity index (χ0n) is 18.1. The van der Waals surface area contributed by atoms with Crippen LogP contribution in [0.15, 0.2) is 12.2 Å². The van der Waals surface area contributed by atoms with Gasteiger partial charge in [-0.25, -0.2) is 4.79 Å². The number of hydrogen-bond acceptors (Lipinski definition) is 7. The number of carbonyl (C=O) groups excluding carboxylic acids is 1. The van der Waals surface area contributed by atoms with E-state index in [1.807, 2.05) is 58.9 Å². The van der Waals surface area contributed by atoms with Crippen LogP contribution in [0.3, 0.4) is 0 Å². The highest BCUT2D eigenvalue weighted by Gasteiger charge is 2.55. The van der Waals surface area contributed by atoms with Crippen LogP contribution in [0.25, 0.3) is 0 Å². The standard InChI is InChI=1S/C15H34O8Si4/c1-12(2)13(16)19-14(20-25(3,4)5)15(21-24(17)18,22-26(6,7)8)23-27(9,10)11/h14,17H,1H2,2-11H3. The Bertz CT molecular complexity index is 544. The van der Waals surface area contributed by atoms with Crippen LogP contribution in [0.4, 0.5) is 0 Å². The molecule has 0 rings (SSSR count). The summed E-state index contributed by atoms with van der Waals surface area (Å²) in [6.45, 7) is 21.9. The van der Waals surface area contributed by atoms with E-state index in [2.05, 4.69) is 6.58 Å². The Balaban J connectivity index is 6.43. The van der Waals surface area contributed by atoms with Crippen molar-refractivity contribution >= 4 is 40.1 Å². The molecule has 0 saturated heterocycles. The van der Waals surface area contributed by atoms with Crippen molar-refractivity contribution in [3.8, 4) is 0 Å². The van der Waals surface area contributed by atoms with Gasteiger partial charge in [-0.2, -0.15) is 0 Å². The summed E-state index contributed by atoms with van der Waals surface area (Å²) in [5.74, 6) is -2.87. The molecule has 12 heteroatoms. The number of carbonyl (C=O) groups is 1. The molecule has 0 aromatic heterocycles. The third-order valence-electron chi connectivity index (χ3n) is 2.44. The SMILES string of the molecule is C=C(C)C(=O)OC(O[Si](C)(C)C)C(O[Si](=O)O)(O[Si](C)(C)C)O[Si](C)(C)C. The van der Waals surface area contributed by atoms with Crippen LogP contribution in [0, 0.1) is 0 Å². The quantitative estimate of drug-likeness (QED) is 0.220. The topological polar surface area (TPSA) is 101 Å². The van der Waals surface area contributed by atoms with Gasteiger partial charge in [0.25, 0.3) is 6.29 Å². The molecule has 0 bridgehead atoms. The van der Waals surface area contributed by atoms with Crippen molar-refractivity contribution in [3.63, 3.8) is 0 Å². The third kappa shape index (κ3) is 11.1. The van der Waals surface area contributed by atoms with Gasteiger partial charge >= 0.3 is 21.1 Å². The molecule has 0 fully saturated rings. The summed E-state index contributed by atoms with van der Waals surface area (Å²) < 4.78 is 40.6. The van der Waals surface area contributed by atoms with E-state index in [1.165, 1.54) is 6.92 Å². The fourth-order valence-electron chi connectivity index (χ4n) is 1.87. The van der Waals surface area contributed by atoms with Gasteiger partial charge in [0.05, 0.1) is 0 Å². The maximum absolute atomic E-state index is 12.2. The number of hydrogen-bond donors (Lipinski definition) is 1. The number of esters is 1. The summed E-state index contributed by atoms with van der Waals surface area (Å²) in [6, 6.07) is 0. The van der Waals surface area contributed by atoms with Crippen LogP contribution in [0.5, 0.6) is 0 Å². The molecule has 27 heavy (non-hydrogen) atoms. The largest absolute Gasteiger partial charge is 0.768 e. The normalized spacial score (nSPS) is 14.4. The van der Waals surface area contributed by atoms with E-state index in [4.69, 9.17) is 22.4 Å². The molecule has 0 amide bonds. The first-order valence-electron chi connectivity index (χ1n) is 8.63. The molecule has 1 N–H and O–H groups in total. The maximum atomic E-state index is 12.2. The van der Waals surface area contributed by atoms with Crippen molar-refractivity contribution in [1.82, 2.24) is 0 Å². The molecular weight excluding hydrogens is 421 g/mol. The minimum atomic E-state index is -3.52. The average Bonchev–Trinajstić information content (AvgIpc) is 2.30. The van der Waals surface area contributed by atoms with Crippen LogP contribution < -0.4 is 0 Å². The smallest absolute Gasteiger partial charge is 0.511 e. The van der Waals surface area contributed by atoms with Crippen LogP contribution in [-0.2, 0) is 31.7 Å². The molecule has 0 aliphatic carbocycles. The molecule has 0 aliphatic heterocycles. The van der Waals surface area contributed by atoms with Crippen LogP contribution in [0.1, 0.15) is 6.92 Å². The first-order valence-corrected chi connectivity index (χ1v) is 20.1. The van der Waals surface area contributed by atoms with Crippen molar-refractivity contribution in [2.75, 3.05) is 0 Å². The second-order valence-electron chi connectivity index (χ2n) is 9.15. The fourth-order valence-corrected chi connectivity index (χ4v) is 5.44. The molecule has 158 valence electrons. The Labute approximate surface area is 167 Å². The molecule has 0 spiro atoms. The highest BCUT2D eigenvalue weighted by atomic mass is 28.4. The Morgan fingerprint density at radius 2 is 1.37 bits per heavy atom. The monoisotopic (exact) mass is 454 g/mol. The van der Waals surface area contributed by atoms with Gasteiger partial charge in [0.15, 0.2) is 25.0 Å². The number of ether oxygens (including phenoxy) is 1. The highest BCUT2D eigenvalue weighted by Crippen LogP contribution is 2.33. The van der Waals surface area contributed by atoms with Crippen LogP contribution >= 0.6 is 0 Å². The van der Waals surface area contributed by atoms with E-state index in [-0.39, 0.29) is 5.57 Å². The van der Waals surface area contributed by atoms with E-state index in [0.29, 0.717) is 0 Å². The van der Waals surface area contributed by atoms with E-state index < -0.39 is 52.4 Å². The highest BCUT2D eigenvalue weighted by molar-refractivity contribution is 6.71. The molecule has 0 aromatic carbocycles. The van der Waals surface area contributed by atoms with Gasteiger partial charge in [0.1, 0.15) is 0 Å². The first kappa shape index (κ1) is 26.4. The summed E-state index contributed by atoms with van der Waals surface area (Å²) in [5.41, 5.74) is 0.144. The van der Waals surface area contributed by atoms with Gasteiger partial charge in [-0.15, -0.1) is 0 Å². The number of rotatable bonds is 11. The predicted molar refractivity (Wildman–Crippen MR) is 110 cm³/mol. The van der Waals surface area contributed by atoms with E-state index in [0.717, 1.165) is 0 Å². The zero-order valence-corrected chi connectivity index (χ0v) is 22.1. The summed E-state index contributed by atoms with van der Waals surface area (Å²) in [5, 5.41) is 0. The van der Waals surface area contributed by atoms with E-state index in [1.54, 1.807) is 0 Å². The summed E-state index contributed by atoms with van der Waals surface area (Å²) in [6.07, 6.45) is -1.48. The van der Waals surface area contributed by atoms with Crippen molar-refractivity contribution in [2.45, 2.75) is 78.1 Å². The lowest BCUT2D eigenvalue weighted by Crippen LogP contribution is -2.63. The average molecular weight is 455 g/mol. The molecule has 1 unspecified atom stereocenters. The Kier molecular flexibility index (Phi) is 9.02. The second kappa shape index (κ2) is 9.24. The Morgan fingerprint density at radius 3 is 1.63 bits per heavy atom. The zero-order chi connectivity index (χ0) is 21.8. The van der Waals surface area contributed by atoms with Gasteiger partial charge in [-0.1, -0.05) is 6.58 Å². The van der Waals surface area contributed by atoms with E-state index in [9.17, 15) is 14.1 Å². The van der Waals surface area contributed by atoms with Crippen LogP contribution in [-0.4, -0.2) is 57.2 Å². The molecule has 0 heterocycles.